The van der Waals surface area contributed by atoms with Crippen LogP contribution in [0.2, 0.25) is 0 Å². The Hall–Kier alpha value is -2.23. The lowest BCUT2D eigenvalue weighted by Crippen LogP contribution is -2.21. The van der Waals surface area contributed by atoms with Gasteiger partial charge in [-0.05, 0) is 57.2 Å². The first-order valence-corrected chi connectivity index (χ1v) is 7.38. The van der Waals surface area contributed by atoms with Crippen LogP contribution in [-0.2, 0) is 6.54 Å². The molecule has 0 fully saturated rings. The van der Waals surface area contributed by atoms with E-state index in [1.807, 2.05) is 6.92 Å². The third-order valence-electron chi connectivity index (χ3n) is 3.55. The second-order valence-electron chi connectivity index (χ2n) is 4.99. The standard InChI is InChI=1S/C17H23N3O/c1-4-20(5-2)15-9-7-14(8-10-15)18-12-16-17(21)11-6-13(3)19-16/h6-11,18,21H,4-5,12H2,1-3H3. The average molecular weight is 285 g/mol. The van der Waals surface area contributed by atoms with E-state index >= 15 is 0 Å². The number of hydrogen-bond acceptors (Lipinski definition) is 4. The number of aromatic nitrogens is 1. The molecule has 0 saturated heterocycles. The van der Waals surface area contributed by atoms with Crippen LogP contribution in [0.25, 0.3) is 0 Å². The van der Waals surface area contributed by atoms with Gasteiger partial charge in [0.1, 0.15) is 11.4 Å². The van der Waals surface area contributed by atoms with Gasteiger partial charge in [-0.25, -0.2) is 0 Å². The Bertz CT molecular complexity index is 577. The van der Waals surface area contributed by atoms with Gasteiger partial charge in [0, 0.05) is 30.2 Å². The molecule has 0 spiro atoms. The van der Waals surface area contributed by atoms with Gasteiger partial charge in [0.2, 0.25) is 0 Å². The molecule has 0 aliphatic carbocycles. The molecule has 0 atom stereocenters. The van der Waals surface area contributed by atoms with E-state index in [-0.39, 0.29) is 5.75 Å². The van der Waals surface area contributed by atoms with Crippen molar-refractivity contribution in [2.75, 3.05) is 23.3 Å². The summed E-state index contributed by atoms with van der Waals surface area (Å²) in [6.45, 7) is 8.75. The Morgan fingerprint density at radius 3 is 2.33 bits per heavy atom. The summed E-state index contributed by atoms with van der Waals surface area (Å²) < 4.78 is 0. The number of nitrogens with zero attached hydrogens (tertiary/aromatic N) is 2. The lowest BCUT2D eigenvalue weighted by Gasteiger charge is -2.21. The highest BCUT2D eigenvalue weighted by Crippen LogP contribution is 2.20. The molecule has 2 rings (SSSR count). The van der Waals surface area contributed by atoms with E-state index in [1.165, 1.54) is 5.69 Å². The predicted octanol–water partition coefficient (Wildman–Crippen LogP) is 3.55. The smallest absolute Gasteiger partial charge is 0.138 e. The van der Waals surface area contributed by atoms with Crippen LogP contribution in [0.4, 0.5) is 11.4 Å². The van der Waals surface area contributed by atoms with E-state index in [1.54, 1.807) is 12.1 Å². The van der Waals surface area contributed by atoms with Crippen molar-refractivity contribution in [3.8, 4) is 5.75 Å². The molecule has 2 N–H and O–H groups in total. The number of anilines is 2. The van der Waals surface area contributed by atoms with Gasteiger partial charge in [0.15, 0.2) is 0 Å². The monoisotopic (exact) mass is 285 g/mol. The summed E-state index contributed by atoms with van der Waals surface area (Å²) in [5.74, 6) is 0.230. The molecule has 0 saturated carbocycles. The Labute approximate surface area is 126 Å². The maximum atomic E-state index is 9.78. The largest absolute Gasteiger partial charge is 0.506 e. The van der Waals surface area contributed by atoms with Crippen molar-refractivity contribution in [3.63, 3.8) is 0 Å². The average Bonchev–Trinajstić information content (AvgIpc) is 2.51. The van der Waals surface area contributed by atoms with Crippen LogP contribution in [0.3, 0.4) is 0 Å². The Morgan fingerprint density at radius 2 is 1.71 bits per heavy atom. The summed E-state index contributed by atoms with van der Waals surface area (Å²) in [5, 5.41) is 13.1. The molecule has 112 valence electrons. The normalized spacial score (nSPS) is 10.4. The fourth-order valence-corrected chi connectivity index (χ4v) is 2.30. The molecule has 1 aromatic heterocycles. The molecule has 1 aromatic carbocycles. The Kier molecular flexibility index (Phi) is 5.04. The Balaban J connectivity index is 2.02. The molecule has 0 unspecified atom stereocenters. The lowest BCUT2D eigenvalue weighted by atomic mass is 10.2. The van der Waals surface area contributed by atoms with Crippen molar-refractivity contribution in [1.29, 1.82) is 0 Å². The minimum atomic E-state index is 0.230. The SMILES string of the molecule is CCN(CC)c1ccc(NCc2nc(C)ccc2O)cc1. The predicted molar refractivity (Wildman–Crippen MR) is 88.0 cm³/mol. The van der Waals surface area contributed by atoms with Crippen molar-refractivity contribution < 1.29 is 5.11 Å². The first-order chi connectivity index (χ1) is 10.1. The number of aryl methyl sites for hydroxylation is 1. The van der Waals surface area contributed by atoms with Crippen LogP contribution < -0.4 is 10.2 Å². The summed E-state index contributed by atoms with van der Waals surface area (Å²) >= 11 is 0. The molecular weight excluding hydrogens is 262 g/mol. The van der Waals surface area contributed by atoms with Gasteiger partial charge in [-0.2, -0.15) is 0 Å². The first-order valence-electron chi connectivity index (χ1n) is 7.38. The summed E-state index contributed by atoms with van der Waals surface area (Å²) in [4.78, 5) is 6.64. The molecule has 21 heavy (non-hydrogen) atoms. The van der Waals surface area contributed by atoms with Gasteiger partial charge in [-0.15, -0.1) is 0 Å². The minimum Gasteiger partial charge on any atom is -0.506 e. The number of benzene rings is 1. The number of hydrogen-bond donors (Lipinski definition) is 2. The number of rotatable bonds is 6. The highest BCUT2D eigenvalue weighted by molar-refractivity contribution is 5.55. The van der Waals surface area contributed by atoms with Gasteiger partial charge < -0.3 is 15.3 Å². The zero-order valence-corrected chi connectivity index (χ0v) is 12.9. The third-order valence-corrected chi connectivity index (χ3v) is 3.55. The first kappa shape index (κ1) is 15.2. The van der Waals surface area contributed by atoms with Crippen molar-refractivity contribution >= 4 is 11.4 Å². The molecule has 0 aliphatic heterocycles. The third kappa shape index (κ3) is 3.88. The summed E-state index contributed by atoms with van der Waals surface area (Å²) in [6.07, 6.45) is 0. The van der Waals surface area contributed by atoms with E-state index in [2.05, 4.69) is 53.3 Å². The molecule has 0 aliphatic rings. The van der Waals surface area contributed by atoms with Gasteiger partial charge in [-0.3, -0.25) is 4.98 Å². The molecule has 2 aromatic rings. The van der Waals surface area contributed by atoms with E-state index < -0.39 is 0 Å². The topological polar surface area (TPSA) is 48.4 Å². The van der Waals surface area contributed by atoms with Crippen LogP contribution in [-0.4, -0.2) is 23.2 Å². The fraction of sp³-hybridized carbons (Fsp3) is 0.353. The summed E-state index contributed by atoms with van der Waals surface area (Å²) in [7, 11) is 0. The van der Waals surface area contributed by atoms with Gasteiger partial charge in [0.25, 0.3) is 0 Å². The van der Waals surface area contributed by atoms with Crippen LogP contribution in [0.15, 0.2) is 36.4 Å². The highest BCUT2D eigenvalue weighted by atomic mass is 16.3. The van der Waals surface area contributed by atoms with Crippen molar-refractivity contribution in [2.45, 2.75) is 27.3 Å². The second-order valence-corrected chi connectivity index (χ2v) is 4.99. The van der Waals surface area contributed by atoms with Crippen LogP contribution in [0, 0.1) is 6.92 Å². The maximum absolute atomic E-state index is 9.78. The molecule has 0 radical (unpaired) electrons. The van der Waals surface area contributed by atoms with Crippen molar-refractivity contribution in [2.24, 2.45) is 0 Å². The molecule has 4 heteroatoms. The molecule has 4 nitrogen and oxygen atoms in total. The number of pyridine rings is 1. The van der Waals surface area contributed by atoms with Crippen molar-refractivity contribution in [1.82, 2.24) is 4.98 Å². The molecular formula is C17H23N3O. The van der Waals surface area contributed by atoms with E-state index in [0.717, 1.165) is 24.5 Å². The van der Waals surface area contributed by atoms with Gasteiger partial charge >= 0.3 is 0 Å². The summed E-state index contributed by atoms with van der Waals surface area (Å²) in [5.41, 5.74) is 3.82. The molecule has 0 bridgehead atoms. The number of nitrogens with one attached hydrogen (secondary N) is 1. The molecule has 0 amide bonds. The van der Waals surface area contributed by atoms with Crippen molar-refractivity contribution in [3.05, 3.63) is 47.8 Å². The van der Waals surface area contributed by atoms with Crippen LogP contribution in [0.5, 0.6) is 5.75 Å². The quantitative estimate of drug-likeness (QED) is 0.852. The number of aromatic hydroxyl groups is 1. The minimum absolute atomic E-state index is 0.230. The van der Waals surface area contributed by atoms with Crippen LogP contribution in [0.1, 0.15) is 25.2 Å². The highest BCUT2D eigenvalue weighted by Gasteiger charge is 2.04. The van der Waals surface area contributed by atoms with E-state index in [4.69, 9.17) is 0 Å². The molecule has 1 heterocycles. The van der Waals surface area contributed by atoms with Crippen LogP contribution >= 0.6 is 0 Å². The van der Waals surface area contributed by atoms with E-state index in [9.17, 15) is 5.11 Å². The van der Waals surface area contributed by atoms with E-state index in [0.29, 0.717) is 12.2 Å². The zero-order chi connectivity index (χ0) is 15.2. The lowest BCUT2D eigenvalue weighted by molar-refractivity contribution is 0.464. The fourth-order valence-electron chi connectivity index (χ4n) is 2.30. The zero-order valence-electron chi connectivity index (χ0n) is 12.9. The summed E-state index contributed by atoms with van der Waals surface area (Å²) in [6, 6.07) is 11.8. The van der Waals surface area contributed by atoms with Gasteiger partial charge in [0.05, 0.1) is 6.54 Å². The van der Waals surface area contributed by atoms with Gasteiger partial charge in [-0.1, -0.05) is 0 Å². The Morgan fingerprint density at radius 1 is 1.05 bits per heavy atom. The second kappa shape index (κ2) is 6.97. The maximum Gasteiger partial charge on any atom is 0.138 e.